The number of nitrogens with zero attached hydrogens (tertiary/aromatic N) is 2. The average molecular weight is 292 g/mol. The van der Waals surface area contributed by atoms with Gasteiger partial charge in [-0.15, -0.1) is 0 Å². The molecule has 108 valence electrons. The summed E-state index contributed by atoms with van der Waals surface area (Å²) in [6.07, 6.45) is 4.15. The van der Waals surface area contributed by atoms with Gasteiger partial charge in [-0.3, -0.25) is 0 Å². The molecule has 1 N–H and O–H groups in total. The van der Waals surface area contributed by atoms with Crippen molar-refractivity contribution in [1.82, 2.24) is 9.55 Å². The Labute approximate surface area is 123 Å². The van der Waals surface area contributed by atoms with Gasteiger partial charge in [0.2, 0.25) is 0 Å². The molecule has 0 aliphatic carbocycles. The predicted molar refractivity (Wildman–Crippen MR) is 81.3 cm³/mol. The normalized spacial score (nSPS) is 12.3. The van der Waals surface area contributed by atoms with Crippen molar-refractivity contribution in [1.29, 1.82) is 0 Å². The lowest BCUT2D eigenvalue weighted by Crippen LogP contribution is -2.20. The van der Waals surface area contributed by atoms with E-state index in [1.165, 1.54) is 17.3 Å². The highest BCUT2D eigenvalue weighted by Gasteiger charge is 2.08. The number of aryl methyl sites for hydroxylation is 2. The number of aromatic nitrogens is 2. The van der Waals surface area contributed by atoms with Crippen LogP contribution >= 0.6 is 11.8 Å². The number of benzene rings is 1. The summed E-state index contributed by atoms with van der Waals surface area (Å²) >= 11 is 1.52. The van der Waals surface area contributed by atoms with Gasteiger partial charge in [-0.05, 0) is 24.1 Å². The quantitative estimate of drug-likeness (QED) is 0.797. The van der Waals surface area contributed by atoms with Crippen molar-refractivity contribution >= 4 is 11.8 Å². The monoisotopic (exact) mass is 292 g/mol. The first-order valence-electron chi connectivity index (χ1n) is 6.69. The maximum absolute atomic E-state index is 9.92. The van der Waals surface area contributed by atoms with E-state index < -0.39 is 6.10 Å². The molecule has 0 aliphatic heterocycles. The molecule has 4 nitrogen and oxygen atoms in total. The minimum Gasteiger partial charge on any atom is -0.491 e. The number of rotatable bonds is 7. The first-order valence-corrected chi connectivity index (χ1v) is 7.67. The third-order valence-corrected chi connectivity index (χ3v) is 4.16. The number of ether oxygens (including phenoxy) is 1. The molecular weight excluding hydrogens is 272 g/mol. The van der Waals surface area contributed by atoms with Crippen molar-refractivity contribution in [2.45, 2.75) is 24.6 Å². The Morgan fingerprint density at radius 3 is 2.70 bits per heavy atom. The Kier molecular flexibility index (Phi) is 5.49. The Morgan fingerprint density at radius 1 is 1.35 bits per heavy atom. The number of thioether (sulfide) groups is 1. The summed E-state index contributed by atoms with van der Waals surface area (Å²) in [7, 11) is 1.94. The molecule has 2 aromatic rings. The molecule has 20 heavy (non-hydrogen) atoms. The van der Waals surface area contributed by atoms with Gasteiger partial charge in [-0.2, -0.15) is 0 Å². The zero-order valence-electron chi connectivity index (χ0n) is 11.8. The van der Waals surface area contributed by atoms with Crippen LogP contribution in [0, 0.1) is 0 Å². The van der Waals surface area contributed by atoms with Gasteiger partial charge in [0, 0.05) is 25.2 Å². The second-order valence-electron chi connectivity index (χ2n) is 4.59. The maximum Gasteiger partial charge on any atom is 0.167 e. The first kappa shape index (κ1) is 14.9. The van der Waals surface area contributed by atoms with E-state index in [1.54, 1.807) is 6.20 Å². The van der Waals surface area contributed by atoms with Crippen LogP contribution in [0.25, 0.3) is 0 Å². The zero-order valence-corrected chi connectivity index (χ0v) is 12.6. The third-order valence-electron chi connectivity index (χ3n) is 2.96. The summed E-state index contributed by atoms with van der Waals surface area (Å²) in [5.41, 5.74) is 1.28. The number of aliphatic hydroxyl groups is 1. The van der Waals surface area contributed by atoms with E-state index in [0.29, 0.717) is 12.4 Å². The highest BCUT2D eigenvalue weighted by molar-refractivity contribution is 7.99. The summed E-state index contributed by atoms with van der Waals surface area (Å²) in [6, 6.07) is 7.98. The molecule has 0 spiro atoms. The molecule has 0 saturated heterocycles. The van der Waals surface area contributed by atoms with Crippen LogP contribution in [0.4, 0.5) is 0 Å². The average Bonchev–Trinajstić information content (AvgIpc) is 2.89. The lowest BCUT2D eigenvalue weighted by molar-refractivity contribution is 0.126. The molecule has 5 heteroatoms. The van der Waals surface area contributed by atoms with Gasteiger partial charge in [0.15, 0.2) is 5.16 Å². The number of hydrogen-bond donors (Lipinski definition) is 1. The van der Waals surface area contributed by atoms with Crippen molar-refractivity contribution in [2.75, 3.05) is 12.4 Å². The van der Waals surface area contributed by atoms with Gasteiger partial charge in [0.05, 0.1) is 6.10 Å². The van der Waals surface area contributed by atoms with Crippen LogP contribution in [-0.2, 0) is 13.5 Å². The van der Waals surface area contributed by atoms with Gasteiger partial charge in [0.1, 0.15) is 12.4 Å². The predicted octanol–water partition coefficient (Wildman–Crippen LogP) is 2.51. The Balaban J connectivity index is 1.74. The van der Waals surface area contributed by atoms with E-state index in [1.807, 2.05) is 42.1 Å². The first-order chi connectivity index (χ1) is 9.69. The van der Waals surface area contributed by atoms with E-state index in [4.69, 9.17) is 4.74 Å². The highest BCUT2D eigenvalue weighted by atomic mass is 32.2. The fraction of sp³-hybridized carbons (Fsp3) is 0.400. The summed E-state index contributed by atoms with van der Waals surface area (Å²) in [4.78, 5) is 4.20. The minimum absolute atomic E-state index is 0.295. The highest BCUT2D eigenvalue weighted by Crippen LogP contribution is 2.17. The number of imidazole rings is 1. The van der Waals surface area contributed by atoms with E-state index in [-0.39, 0.29) is 0 Å². The van der Waals surface area contributed by atoms with Crippen molar-refractivity contribution in [3.05, 3.63) is 42.2 Å². The molecular formula is C15H20N2O2S. The van der Waals surface area contributed by atoms with Crippen molar-refractivity contribution in [3.8, 4) is 5.75 Å². The molecule has 0 fully saturated rings. The molecule has 0 amide bonds. The van der Waals surface area contributed by atoms with Crippen LogP contribution in [0.5, 0.6) is 5.75 Å². The standard InChI is InChI=1S/C15H20N2O2S/c1-3-12-4-6-14(7-5-12)19-10-13(18)11-20-15-16-8-9-17(15)2/h4-9,13,18H,3,10-11H2,1-2H3/t13-/m0/s1. The molecule has 0 aliphatic rings. The van der Waals surface area contributed by atoms with Crippen molar-refractivity contribution < 1.29 is 9.84 Å². The second-order valence-corrected chi connectivity index (χ2v) is 5.58. The second kappa shape index (κ2) is 7.36. The van der Waals surface area contributed by atoms with Crippen LogP contribution in [-0.4, -0.2) is 33.1 Å². The van der Waals surface area contributed by atoms with Crippen LogP contribution in [0.3, 0.4) is 0 Å². The maximum atomic E-state index is 9.92. The molecule has 1 aromatic heterocycles. The molecule has 0 unspecified atom stereocenters. The summed E-state index contributed by atoms with van der Waals surface area (Å²) in [5, 5.41) is 10.8. The van der Waals surface area contributed by atoms with E-state index in [2.05, 4.69) is 11.9 Å². The van der Waals surface area contributed by atoms with Gasteiger partial charge in [0.25, 0.3) is 0 Å². The van der Waals surface area contributed by atoms with Crippen molar-refractivity contribution in [3.63, 3.8) is 0 Å². The minimum atomic E-state index is -0.512. The van der Waals surface area contributed by atoms with Gasteiger partial charge < -0.3 is 14.4 Å². The summed E-state index contributed by atoms with van der Waals surface area (Å²) < 4.78 is 7.51. The van der Waals surface area contributed by atoms with E-state index >= 15 is 0 Å². The molecule has 0 bridgehead atoms. The molecule has 2 rings (SSSR count). The van der Waals surface area contributed by atoms with Crippen LogP contribution in [0.1, 0.15) is 12.5 Å². The molecule has 0 radical (unpaired) electrons. The van der Waals surface area contributed by atoms with Crippen LogP contribution in [0.15, 0.2) is 41.8 Å². The largest absolute Gasteiger partial charge is 0.491 e. The zero-order chi connectivity index (χ0) is 14.4. The van der Waals surface area contributed by atoms with Crippen LogP contribution < -0.4 is 4.74 Å². The van der Waals surface area contributed by atoms with Gasteiger partial charge in [-0.25, -0.2) is 4.98 Å². The van der Waals surface area contributed by atoms with Gasteiger partial charge >= 0.3 is 0 Å². The topological polar surface area (TPSA) is 47.3 Å². The van der Waals surface area contributed by atoms with E-state index in [9.17, 15) is 5.11 Å². The van der Waals surface area contributed by atoms with E-state index in [0.717, 1.165) is 17.3 Å². The molecule has 1 atom stereocenters. The smallest absolute Gasteiger partial charge is 0.167 e. The Hall–Kier alpha value is -1.46. The summed E-state index contributed by atoms with van der Waals surface area (Å²) in [6.45, 7) is 2.41. The SMILES string of the molecule is CCc1ccc(OC[C@H](O)CSc2nccn2C)cc1. The molecule has 1 heterocycles. The Morgan fingerprint density at radius 2 is 2.10 bits per heavy atom. The fourth-order valence-corrected chi connectivity index (χ4v) is 2.56. The third kappa shape index (κ3) is 4.28. The number of hydrogen-bond acceptors (Lipinski definition) is 4. The van der Waals surface area contributed by atoms with Crippen molar-refractivity contribution in [2.24, 2.45) is 7.05 Å². The number of aliphatic hydroxyl groups excluding tert-OH is 1. The summed E-state index contributed by atoms with van der Waals surface area (Å²) in [5.74, 6) is 1.36. The lowest BCUT2D eigenvalue weighted by Gasteiger charge is -2.12. The fourth-order valence-electron chi connectivity index (χ4n) is 1.72. The van der Waals surface area contributed by atoms with Gasteiger partial charge in [-0.1, -0.05) is 30.8 Å². The van der Waals surface area contributed by atoms with Crippen LogP contribution in [0.2, 0.25) is 0 Å². The lowest BCUT2D eigenvalue weighted by atomic mass is 10.2. The molecule has 0 saturated carbocycles. The Bertz CT molecular complexity index is 525. The molecule has 1 aromatic carbocycles.